The lowest BCUT2D eigenvalue weighted by Crippen LogP contribution is -2.30. The number of phosphoric ester groups is 2. The Balaban J connectivity index is 5.24. The van der Waals surface area contributed by atoms with Crippen LogP contribution in [0.2, 0.25) is 0 Å². The molecule has 102 heavy (non-hydrogen) atoms. The van der Waals surface area contributed by atoms with Crippen LogP contribution in [0, 0.1) is 11.8 Å². The number of hydrogen-bond acceptors (Lipinski definition) is 15. The van der Waals surface area contributed by atoms with Crippen LogP contribution in [-0.4, -0.2) is 96.7 Å². The van der Waals surface area contributed by atoms with Gasteiger partial charge in [-0.15, -0.1) is 0 Å². The lowest BCUT2D eigenvalue weighted by atomic mass is 9.99. The Morgan fingerprint density at radius 3 is 0.745 bits per heavy atom. The lowest BCUT2D eigenvalue weighted by molar-refractivity contribution is -0.161. The molecule has 0 radical (unpaired) electrons. The maximum Gasteiger partial charge on any atom is 0.472 e. The van der Waals surface area contributed by atoms with Crippen molar-refractivity contribution in [2.75, 3.05) is 39.6 Å². The van der Waals surface area contributed by atoms with E-state index < -0.39 is 97.5 Å². The molecule has 0 aliphatic carbocycles. The Kier molecular flexibility index (Phi) is 73.1. The van der Waals surface area contributed by atoms with Crippen molar-refractivity contribution in [1.29, 1.82) is 0 Å². The van der Waals surface area contributed by atoms with E-state index in [1.807, 2.05) is 0 Å². The van der Waals surface area contributed by atoms with Crippen molar-refractivity contribution in [3.8, 4) is 0 Å². The molecule has 0 aliphatic rings. The van der Waals surface area contributed by atoms with Crippen LogP contribution in [0.4, 0.5) is 0 Å². The maximum absolute atomic E-state index is 13.1. The molecule has 0 rings (SSSR count). The normalized spacial score (nSPS) is 14.1. The van der Waals surface area contributed by atoms with Gasteiger partial charge in [0.2, 0.25) is 0 Å². The van der Waals surface area contributed by atoms with Gasteiger partial charge in [-0.1, -0.05) is 388 Å². The molecule has 0 bridgehead atoms. The first kappa shape index (κ1) is 100. The molecular weight excluding hydrogens is 1330 g/mol. The Hall–Kier alpha value is -1.94. The van der Waals surface area contributed by atoms with Gasteiger partial charge in [0, 0.05) is 25.7 Å². The summed E-state index contributed by atoms with van der Waals surface area (Å²) in [5, 5.41) is 10.7. The van der Waals surface area contributed by atoms with E-state index >= 15 is 0 Å². The van der Waals surface area contributed by atoms with Gasteiger partial charge in [-0.3, -0.25) is 37.3 Å². The van der Waals surface area contributed by atoms with E-state index in [0.717, 1.165) is 102 Å². The number of carbonyl (C=O) groups excluding carboxylic acids is 4. The highest BCUT2D eigenvalue weighted by atomic mass is 31.2. The van der Waals surface area contributed by atoms with Crippen LogP contribution in [0.15, 0.2) is 0 Å². The lowest BCUT2D eigenvalue weighted by Gasteiger charge is -2.21. The molecule has 3 N–H and O–H groups in total. The average Bonchev–Trinajstić information content (AvgIpc) is 0.914. The number of aliphatic hydroxyl groups excluding tert-OH is 1. The number of unbranched alkanes of at least 4 members (excludes halogenated alkanes) is 51. The first-order valence-electron chi connectivity index (χ1n) is 43.0. The van der Waals surface area contributed by atoms with E-state index in [1.165, 1.54) is 257 Å². The zero-order chi connectivity index (χ0) is 74.9. The summed E-state index contributed by atoms with van der Waals surface area (Å²) in [7, 11) is -9.92. The summed E-state index contributed by atoms with van der Waals surface area (Å²) >= 11 is 0. The molecule has 3 unspecified atom stereocenters. The van der Waals surface area contributed by atoms with Crippen LogP contribution in [0.25, 0.3) is 0 Å². The van der Waals surface area contributed by atoms with Crippen LogP contribution in [-0.2, 0) is 65.4 Å². The van der Waals surface area contributed by atoms with E-state index in [9.17, 15) is 43.2 Å². The first-order valence-corrected chi connectivity index (χ1v) is 46.0. The van der Waals surface area contributed by atoms with Gasteiger partial charge in [0.1, 0.15) is 19.3 Å². The Bertz CT molecular complexity index is 1960. The van der Waals surface area contributed by atoms with Crippen molar-refractivity contribution in [2.45, 2.75) is 458 Å². The zero-order valence-corrected chi connectivity index (χ0v) is 68.7. The SMILES string of the molecule is CCCCCCCCCCCCCCCCCCCCCCCC(=O)O[C@H](COC(=O)CCCCCCCCCCCCCCCCCC)COP(=O)(O)OC[C@@H](O)COP(=O)(O)OC[C@@H](COC(=O)CCCCCCCCCCC(C)CC)OC(=O)CCCCCCCCCCCCC(C)C. The van der Waals surface area contributed by atoms with Crippen molar-refractivity contribution < 1.29 is 80.2 Å². The molecule has 6 atom stereocenters. The molecule has 0 amide bonds. The number of rotatable bonds is 82. The van der Waals surface area contributed by atoms with Gasteiger partial charge in [-0.2, -0.15) is 0 Å². The number of ether oxygens (including phenoxy) is 4. The second kappa shape index (κ2) is 74.5. The fourth-order valence-corrected chi connectivity index (χ4v) is 14.4. The van der Waals surface area contributed by atoms with Crippen molar-refractivity contribution in [2.24, 2.45) is 11.8 Å². The molecule has 0 saturated heterocycles. The third-order valence-electron chi connectivity index (χ3n) is 19.8. The Labute approximate surface area is 626 Å². The molecule has 0 heterocycles. The van der Waals surface area contributed by atoms with Gasteiger partial charge in [-0.05, 0) is 37.5 Å². The fraction of sp³-hybridized carbons (Fsp3) is 0.952. The van der Waals surface area contributed by atoms with Gasteiger partial charge < -0.3 is 33.8 Å². The minimum atomic E-state index is -4.96. The average molecular weight is 1490 g/mol. The Morgan fingerprint density at radius 2 is 0.500 bits per heavy atom. The summed E-state index contributed by atoms with van der Waals surface area (Å²) in [6, 6.07) is 0. The minimum absolute atomic E-state index is 0.106. The maximum atomic E-state index is 13.1. The summed E-state index contributed by atoms with van der Waals surface area (Å²) in [4.78, 5) is 73.1. The highest BCUT2D eigenvalue weighted by Crippen LogP contribution is 2.45. The number of aliphatic hydroxyl groups is 1. The standard InChI is InChI=1S/C83H162O17P2/c1-7-10-12-14-16-18-20-22-24-26-27-28-29-30-32-34-36-41-49-55-61-67-82(87)99-78(71-93-80(85)65-59-53-47-40-35-33-31-25-23-21-19-17-15-13-11-8-2)73-97-101(89,90)95-69-77(84)70-96-102(91,92)98-74-79(72-94-81(86)66-60-54-48-44-43-46-52-58-64-76(6)9-3)100-83(88)68-62-56-50-42-38-37-39-45-51-57-63-75(4)5/h75-79,84H,7-74H2,1-6H3,(H,89,90)(H,91,92)/t76?,77-,78-,79-/m1/s1. The van der Waals surface area contributed by atoms with Crippen molar-refractivity contribution >= 4 is 39.5 Å². The van der Waals surface area contributed by atoms with Gasteiger partial charge >= 0.3 is 39.5 Å². The van der Waals surface area contributed by atoms with E-state index in [0.29, 0.717) is 25.7 Å². The summed E-state index contributed by atoms with van der Waals surface area (Å²) in [5.74, 6) is -0.577. The van der Waals surface area contributed by atoms with Gasteiger partial charge in [0.25, 0.3) is 0 Å². The highest BCUT2D eigenvalue weighted by Gasteiger charge is 2.30. The molecule has 0 spiro atoms. The first-order chi connectivity index (χ1) is 49.4. The molecule has 19 heteroatoms. The second-order valence-electron chi connectivity index (χ2n) is 30.6. The molecule has 17 nitrogen and oxygen atoms in total. The van der Waals surface area contributed by atoms with Crippen molar-refractivity contribution in [3.63, 3.8) is 0 Å². The Morgan fingerprint density at radius 1 is 0.284 bits per heavy atom. The van der Waals surface area contributed by atoms with E-state index in [2.05, 4.69) is 41.5 Å². The van der Waals surface area contributed by atoms with Gasteiger partial charge in [0.05, 0.1) is 26.4 Å². The largest absolute Gasteiger partial charge is 0.472 e. The molecule has 0 aliphatic heterocycles. The summed E-state index contributed by atoms with van der Waals surface area (Å²) in [6.07, 6.45) is 65.2. The zero-order valence-electron chi connectivity index (χ0n) is 66.9. The number of esters is 4. The monoisotopic (exact) mass is 1490 g/mol. The van der Waals surface area contributed by atoms with Crippen LogP contribution < -0.4 is 0 Å². The molecule has 0 fully saturated rings. The quantitative estimate of drug-likeness (QED) is 0.0222. The van der Waals surface area contributed by atoms with Crippen molar-refractivity contribution in [1.82, 2.24) is 0 Å². The number of carbonyl (C=O) groups is 4. The second-order valence-corrected chi connectivity index (χ2v) is 33.5. The van der Waals surface area contributed by atoms with Gasteiger partial charge in [-0.25, -0.2) is 9.13 Å². The van der Waals surface area contributed by atoms with Crippen LogP contribution in [0.5, 0.6) is 0 Å². The van der Waals surface area contributed by atoms with Crippen LogP contribution in [0.1, 0.15) is 440 Å². The molecule has 606 valence electrons. The van der Waals surface area contributed by atoms with E-state index in [-0.39, 0.29) is 25.7 Å². The van der Waals surface area contributed by atoms with Gasteiger partial charge in [0.15, 0.2) is 12.2 Å². The molecular formula is C83H162O17P2. The third kappa shape index (κ3) is 74.9. The smallest absolute Gasteiger partial charge is 0.462 e. The summed E-state index contributed by atoms with van der Waals surface area (Å²) in [5.41, 5.74) is 0. The van der Waals surface area contributed by atoms with E-state index in [4.69, 9.17) is 37.0 Å². The van der Waals surface area contributed by atoms with E-state index in [1.54, 1.807) is 0 Å². The molecule has 0 aromatic rings. The molecule has 0 aromatic heterocycles. The van der Waals surface area contributed by atoms with Crippen molar-refractivity contribution in [3.05, 3.63) is 0 Å². The number of phosphoric acid groups is 2. The summed E-state index contributed by atoms with van der Waals surface area (Å²) < 4.78 is 68.8. The topological polar surface area (TPSA) is 237 Å². The number of hydrogen-bond donors (Lipinski definition) is 3. The molecule has 0 aromatic carbocycles. The predicted octanol–water partition coefficient (Wildman–Crippen LogP) is 25.1. The highest BCUT2D eigenvalue weighted by molar-refractivity contribution is 7.47. The molecule has 0 saturated carbocycles. The van der Waals surface area contributed by atoms with Crippen LogP contribution >= 0.6 is 15.6 Å². The fourth-order valence-electron chi connectivity index (χ4n) is 12.9. The predicted molar refractivity (Wildman–Crippen MR) is 418 cm³/mol. The van der Waals surface area contributed by atoms with Crippen LogP contribution in [0.3, 0.4) is 0 Å². The minimum Gasteiger partial charge on any atom is -0.462 e. The third-order valence-corrected chi connectivity index (χ3v) is 21.7. The summed E-state index contributed by atoms with van der Waals surface area (Å²) in [6.45, 7) is 9.64.